The number of carbonyl (C=O) groups excluding carboxylic acids is 1. The van der Waals surface area contributed by atoms with Gasteiger partial charge in [-0.2, -0.15) is 4.98 Å². The predicted octanol–water partition coefficient (Wildman–Crippen LogP) is 2.74. The number of amides is 1. The van der Waals surface area contributed by atoms with Gasteiger partial charge >= 0.3 is 0 Å². The third kappa shape index (κ3) is 6.02. The van der Waals surface area contributed by atoms with Gasteiger partial charge in [0.25, 0.3) is 0 Å². The maximum absolute atomic E-state index is 11.9. The zero-order valence-electron chi connectivity index (χ0n) is 16.6. The van der Waals surface area contributed by atoms with Crippen molar-refractivity contribution < 1.29 is 9.32 Å². The number of nitrogens with one attached hydrogen (secondary N) is 1. The summed E-state index contributed by atoms with van der Waals surface area (Å²) in [6, 6.07) is 7.69. The highest BCUT2D eigenvalue weighted by molar-refractivity contribution is 5.85. The van der Waals surface area contributed by atoms with Crippen LogP contribution in [-0.4, -0.2) is 40.1 Å². The molecule has 3 N–H and O–H groups in total. The zero-order valence-corrected chi connectivity index (χ0v) is 17.4. The first kappa shape index (κ1) is 22.3. The number of hydrogen-bond acceptors (Lipinski definition) is 6. The van der Waals surface area contributed by atoms with Crippen molar-refractivity contribution in [2.75, 3.05) is 13.1 Å². The molecular weight excluding hydrogens is 378 g/mol. The summed E-state index contributed by atoms with van der Waals surface area (Å²) in [4.78, 5) is 18.8. The third-order valence-corrected chi connectivity index (χ3v) is 4.94. The Bertz CT molecular complexity index is 759. The summed E-state index contributed by atoms with van der Waals surface area (Å²) in [6.07, 6.45) is 3.89. The molecule has 1 aromatic carbocycles. The molecule has 0 bridgehead atoms. The fraction of sp³-hybridized carbons (Fsp3) is 0.550. The number of likely N-dealkylation sites (tertiary alicyclic amines) is 1. The third-order valence-electron chi connectivity index (χ3n) is 4.94. The van der Waals surface area contributed by atoms with E-state index >= 15 is 0 Å². The van der Waals surface area contributed by atoms with E-state index in [9.17, 15) is 4.79 Å². The lowest BCUT2D eigenvalue weighted by Crippen LogP contribution is -2.43. The van der Waals surface area contributed by atoms with Crippen molar-refractivity contribution in [3.63, 3.8) is 0 Å². The van der Waals surface area contributed by atoms with E-state index in [0.717, 1.165) is 25.2 Å². The van der Waals surface area contributed by atoms with Gasteiger partial charge in [0.1, 0.15) is 0 Å². The van der Waals surface area contributed by atoms with Gasteiger partial charge in [0.2, 0.25) is 17.6 Å². The van der Waals surface area contributed by atoms with E-state index in [1.807, 2.05) is 26.0 Å². The van der Waals surface area contributed by atoms with E-state index in [4.69, 9.17) is 10.3 Å². The minimum Gasteiger partial charge on any atom is -0.346 e. The van der Waals surface area contributed by atoms with Gasteiger partial charge < -0.3 is 15.6 Å². The van der Waals surface area contributed by atoms with Gasteiger partial charge in [-0.05, 0) is 43.5 Å². The average Bonchev–Trinajstić information content (AvgIpc) is 3.15. The molecule has 8 heteroatoms. The number of aromatic nitrogens is 2. The number of hydrogen-bond donors (Lipinski definition) is 2. The number of nitrogens with zero attached hydrogens (tertiary/aromatic N) is 3. The van der Waals surface area contributed by atoms with Crippen molar-refractivity contribution in [1.29, 1.82) is 0 Å². The quantitative estimate of drug-likeness (QED) is 0.732. The lowest BCUT2D eigenvalue weighted by molar-refractivity contribution is -0.123. The van der Waals surface area contributed by atoms with Gasteiger partial charge in [0, 0.05) is 12.1 Å². The summed E-state index contributed by atoms with van der Waals surface area (Å²) < 4.78 is 5.27. The molecule has 0 saturated carbocycles. The molecule has 0 spiro atoms. The molecule has 0 radical (unpaired) electrons. The predicted molar refractivity (Wildman–Crippen MR) is 111 cm³/mol. The molecule has 2 aromatic rings. The number of nitrogens with two attached hydrogens (primary N) is 1. The molecule has 3 rings (SSSR count). The van der Waals surface area contributed by atoms with Crippen LogP contribution in [0.3, 0.4) is 0 Å². The number of benzene rings is 1. The molecule has 28 heavy (non-hydrogen) atoms. The largest absolute Gasteiger partial charge is 0.346 e. The Morgan fingerprint density at radius 1 is 1.29 bits per heavy atom. The molecular formula is C20H30ClN5O2. The monoisotopic (exact) mass is 407 g/mol. The van der Waals surface area contributed by atoms with Crippen LogP contribution >= 0.6 is 12.4 Å². The highest BCUT2D eigenvalue weighted by atomic mass is 35.5. The molecule has 1 aliphatic heterocycles. The molecule has 1 aliphatic rings. The smallest absolute Gasteiger partial charge is 0.246 e. The standard InChI is InChI=1S/C20H29N5O2.ClH/c1-14(2)18(21)20(26)22-12-17-23-19(24-27-17)16-8-6-7-15(11-16)13-25-9-4-3-5-10-25;/h6-8,11,14,18H,3-5,9-10,12-13,21H2,1-2H3,(H,22,26);1H/t18-;/m0./s1. The molecule has 2 heterocycles. The molecule has 1 atom stereocenters. The second-order valence-corrected chi connectivity index (χ2v) is 7.54. The first-order chi connectivity index (χ1) is 13.0. The van der Waals surface area contributed by atoms with Crippen LogP contribution in [0.4, 0.5) is 0 Å². The van der Waals surface area contributed by atoms with Crippen LogP contribution in [0, 0.1) is 5.92 Å². The molecule has 1 amide bonds. The summed E-state index contributed by atoms with van der Waals surface area (Å²) in [5, 5.41) is 6.79. The van der Waals surface area contributed by atoms with E-state index in [0.29, 0.717) is 11.7 Å². The number of piperidine rings is 1. The van der Waals surface area contributed by atoms with E-state index < -0.39 is 6.04 Å². The van der Waals surface area contributed by atoms with Crippen LogP contribution in [0.1, 0.15) is 44.6 Å². The van der Waals surface area contributed by atoms with Crippen LogP contribution in [0.5, 0.6) is 0 Å². The second kappa shape index (κ2) is 10.5. The fourth-order valence-corrected chi connectivity index (χ4v) is 3.21. The maximum Gasteiger partial charge on any atom is 0.246 e. The van der Waals surface area contributed by atoms with E-state index in [1.165, 1.54) is 24.8 Å². The Labute approximate surface area is 172 Å². The molecule has 0 aliphatic carbocycles. The lowest BCUT2D eigenvalue weighted by Gasteiger charge is -2.26. The summed E-state index contributed by atoms with van der Waals surface area (Å²) in [7, 11) is 0. The normalized spacial score (nSPS) is 15.9. The van der Waals surface area contributed by atoms with Crippen LogP contribution in [0.2, 0.25) is 0 Å². The SMILES string of the molecule is CC(C)[C@H](N)C(=O)NCc1nc(-c2cccc(CN3CCCCC3)c2)no1.Cl. The Kier molecular flexibility index (Phi) is 8.41. The topological polar surface area (TPSA) is 97.3 Å². The summed E-state index contributed by atoms with van der Waals surface area (Å²) >= 11 is 0. The maximum atomic E-state index is 11.9. The van der Waals surface area contributed by atoms with Crippen LogP contribution in [0.25, 0.3) is 11.4 Å². The number of rotatable bonds is 7. The van der Waals surface area contributed by atoms with Gasteiger partial charge in [-0.1, -0.05) is 43.6 Å². The number of carbonyl (C=O) groups is 1. The Morgan fingerprint density at radius 2 is 2.04 bits per heavy atom. The highest BCUT2D eigenvalue weighted by Crippen LogP contribution is 2.20. The Hall–Kier alpha value is -1.96. The van der Waals surface area contributed by atoms with Gasteiger partial charge in [-0.15, -0.1) is 12.4 Å². The fourth-order valence-electron chi connectivity index (χ4n) is 3.21. The van der Waals surface area contributed by atoms with Gasteiger partial charge in [-0.3, -0.25) is 9.69 Å². The molecule has 7 nitrogen and oxygen atoms in total. The van der Waals surface area contributed by atoms with Crippen molar-refractivity contribution in [3.05, 3.63) is 35.7 Å². The zero-order chi connectivity index (χ0) is 19.2. The average molecular weight is 408 g/mol. The first-order valence-electron chi connectivity index (χ1n) is 9.70. The van der Waals surface area contributed by atoms with Crippen LogP contribution in [0.15, 0.2) is 28.8 Å². The van der Waals surface area contributed by atoms with Crippen LogP contribution < -0.4 is 11.1 Å². The van der Waals surface area contributed by atoms with E-state index in [-0.39, 0.29) is 30.8 Å². The molecule has 1 fully saturated rings. The Balaban J connectivity index is 0.00000280. The van der Waals surface area contributed by atoms with E-state index in [2.05, 4.69) is 32.5 Å². The molecule has 154 valence electrons. The van der Waals surface area contributed by atoms with Gasteiger partial charge in [-0.25, -0.2) is 0 Å². The minimum atomic E-state index is -0.543. The van der Waals surface area contributed by atoms with Crippen molar-refractivity contribution in [2.24, 2.45) is 11.7 Å². The highest BCUT2D eigenvalue weighted by Gasteiger charge is 2.18. The second-order valence-electron chi connectivity index (χ2n) is 7.54. The van der Waals surface area contributed by atoms with Crippen molar-refractivity contribution in [1.82, 2.24) is 20.4 Å². The first-order valence-corrected chi connectivity index (χ1v) is 9.70. The van der Waals surface area contributed by atoms with E-state index in [1.54, 1.807) is 0 Å². The molecule has 1 saturated heterocycles. The van der Waals surface area contributed by atoms with Gasteiger partial charge in [0.15, 0.2) is 0 Å². The van der Waals surface area contributed by atoms with Crippen molar-refractivity contribution >= 4 is 18.3 Å². The van der Waals surface area contributed by atoms with Crippen LogP contribution in [-0.2, 0) is 17.9 Å². The lowest BCUT2D eigenvalue weighted by atomic mass is 10.1. The summed E-state index contributed by atoms with van der Waals surface area (Å²) in [5.74, 6) is 0.766. The minimum absolute atomic E-state index is 0. The van der Waals surface area contributed by atoms with Crippen molar-refractivity contribution in [3.8, 4) is 11.4 Å². The van der Waals surface area contributed by atoms with Gasteiger partial charge in [0.05, 0.1) is 12.6 Å². The summed E-state index contributed by atoms with van der Waals surface area (Å²) in [6.45, 7) is 7.27. The summed E-state index contributed by atoms with van der Waals surface area (Å²) in [5.41, 5.74) is 8.00. The molecule has 1 aromatic heterocycles. The number of halogens is 1. The molecule has 0 unspecified atom stereocenters. The van der Waals surface area contributed by atoms with Crippen molar-refractivity contribution in [2.45, 2.75) is 52.2 Å². The Morgan fingerprint density at radius 3 is 2.75 bits per heavy atom.